The van der Waals surface area contributed by atoms with E-state index in [1.165, 1.54) is 7.11 Å². The highest BCUT2D eigenvalue weighted by molar-refractivity contribution is 5.88. The van der Waals surface area contributed by atoms with E-state index in [9.17, 15) is 9.59 Å². The van der Waals surface area contributed by atoms with Crippen molar-refractivity contribution in [3.05, 3.63) is 24.3 Å². The molecule has 6 heteroatoms. The number of carbonyl (C=O) groups excluding carboxylic acids is 2. The van der Waals surface area contributed by atoms with Crippen LogP contribution in [0.4, 0.5) is 5.69 Å². The molecular formula is C13H18N2O4. The molecule has 1 amide bonds. The largest absolute Gasteiger partial charge is 0.495 e. The van der Waals surface area contributed by atoms with Gasteiger partial charge in [0.2, 0.25) is 5.91 Å². The lowest BCUT2D eigenvalue weighted by Crippen LogP contribution is -2.37. The van der Waals surface area contributed by atoms with Crippen molar-refractivity contribution in [1.82, 2.24) is 0 Å². The van der Waals surface area contributed by atoms with Gasteiger partial charge >= 0.3 is 5.97 Å². The third-order valence-electron chi connectivity index (χ3n) is 2.46. The Hall–Kier alpha value is -2.24. The summed E-state index contributed by atoms with van der Waals surface area (Å²) in [5.74, 6) is -0.537. The van der Waals surface area contributed by atoms with Crippen LogP contribution in [0.5, 0.6) is 5.75 Å². The molecule has 19 heavy (non-hydrogen) atoms. The maximum Gasteiger partial charge on any atom is 0.308 e. The summed E-state index contributed by atoms with van der Waals surface area (Å²) in [6, 6.07) is 6.22. The predicted molar refractivity (Wildman–Crippen MR) is 70.8 cm³/mol. The van der Waals surface area contributed by atoms with Crippen molar-refractivity contribution in [3.8, 4) is 5.75 Å². The molecule has 1 unspecified atom stereocenters. The topological polar surface area (TPSA) is 90.7 Å². The number of para-hydroxylation sites is 2. The van der Waals surface area contributed by atoms with Gasteiger partial charge in [-0.2, -0.15) is 0 Å². The Morgan fingerprint density at radius 3 is 2.63 bits per heavy atom. The molecule has 0 saturated carbocycles. The Morgan fingerprint density at radius 1 is 1.37 bits per heavy atom. The number of esters is 1. The number of carbonyl (C=O) groups is 2. The molecule has 104 valence electrons. The van der Waals surface area contributed by atoms with Crippen LogP contribution in [0.2, 0.25) is 0 Å². The lowest BCUT2D eigenvalue weighted by Gasteiger charge is -2.17. The number of ether oxygens (including phenoxy) is 2. The van der Waals surface area contributed by atoms with Crippen LogP contribution in [0.15, 0.2) is 24.3 Å². The number of methoxy groups -OCH3 is 1. The quantitative estimate of drug-likeness (QED) is 0.716. The van der Waals surface area contributed by atoms with Gasteiger partial charge in [-0.15, -0.1) is 0 Å². The highest BCUT2D eigenvalue weighted by Crippen LogP contribution is 2.24. The van der Waals surface area contributed by atoms with E-state index in [1.54, 1.807) is 31.2 Å². The Labute approximate surface area is 111 Å². The maximum absolute atomic E-state index is 11.4. The van der Waals surface area contributed by atoms with Gasteiger partial charge in [0.1, 0.15) is 11.8 Å². The van der Waals surface area contributed by atoms with Gasteiger partial charge in [-0.1, -0.05) is 12.1 Å². The van der Waals surface area contributed by atoms with E-state index in [1.807, 2.05) is 0 Å². The molecule has 0 fully saturated rings. The highest BCUT2D eigenvalue weighted by atomic mass is 16.5. The molecule has 1 aromatic carbocycles. The highest BCUT2D eigenvalue weighted by Gasteiger charge is 2.21. The molecule has 0 bridgehead atoms. The average Bonchev–Trinajstić information content (AvgIpc) is 2.38. The average molecular weight is 266 g/mol. The second-order valence-corrected chi connectivity index (χ2v) is 3.81. The second kappa shape index (κ2) is 7.25. The molecule has 1 rings (SSSR count). The summed E-state index contributed by atoms with van der Waals surface area (Å²) in [4.78, 5) is 22.8. The Balaban J connectivity index is 2.78. The fourth-order valence-corrected chi connectivity index (χ4v) is 1.56. The summed E-state index contributed by atoms with van der Waals surface area (Å²) < 4.78 is 9.95. The minimum Gasteiger partial charge on any atom is -0.495 e. The fourth-order valence-electron chi connectivity index (χ4n) is 1.56. The lowest BCUT2D eigenvalue weighted by molar-refractivity contribution is -0.144. The third kappa shape index (κ3) is 4.50. The minimum absolute atomic E-state index is 0.124. The Kier molecular flexibility index (Phi) is 5.66. The molecule has 1 atom stereocenters. The third-order valence-corrected chi connectivity index (χ3v) is 2.46. The molecular weight excluding hydrogens is 248 g/mol. The minimum atomic E-state index is -0.838. The second-order valence-electron chi connectivity index (χ2n) is 3.81. The number of nitrogens with two attached hydrogens (primary N) is 1. The zero-order valence-electron chi connectivity index (χ0n) is 11.0. The van der Waals surface area contributed by atoms with Crippen molar-refractivity contribution in [1.29, 1.82) is 0 Å². The maximum atomic E-state index is 11.4. The predicted octanol–water partition coefficient (Wildman–Crippen LogP) is 0.914. The number of hydrogen-bond donors (Lipinski definition) is 2. The van der Waals surface area contributed by atoms with Crippen LogP contribution in [0.1, 0.15) is 13.3 Å². The van der Waals surface area contributed by atoms with Crippen LogP contribution < -0.4 is 15.8 Å². The van der Waals surface area contributed by atoms with Crippen molar-refractivity contribution in [2.24, 2.45) is 5.73 Å². The molecule has 0 aliphatic heterocycles. The van der Waals surface area contributed by atoms with E-state index in [2.05, 4.69) is 5.32 Å². The summed E-state index contributed by atoms with van der Waals surface area (Å²) in [5.41, 5.74) is 5.87. The summed E-state index contributed by atoms with van der Waals surface area (Å²) >= 11 is 0. The van der Waals surface area contributed by atoms with Crippen molar-refractivity contribution >= 4 is 17.6 Å². The molecule has 0 heterocycles. The first kappa shape index (κ1) is 14.8. The standard InChI is InChI=1S/C13H18N2O4/c1-3-19-12(16)8-10(13(14)17)15-9-6-4-5-7-11(9)18-2/h4-7,10,15H,3,8H2,1-2H3,(H2,14,17). The number of rotatable bonds is 7. The van der Waals surface area contributed by atoms with Crippen molar-refractivity contribution in [3.63, 3.8) is 0 Å². The van der Waals surface area contributed by atoms with Crippen molar-refractivity contribution in [2.75, 3.05) is 19.0 Å². The Bertz CT molecular complexity index is 448. The van der Waals surface area contributed by atoms with Crippen LogP contribution in [0.3, 0.4) is 0 Å². The van der Waals surface area contributed by atoms with E-state index >= 15 is 0 Å². The van der Waals surface area contributed by atoms with E-state index in [0.717, 1.165) is 0 Å². The van der Waals surface area contributed by atoms with E-state index in [4.69, 9.17) is 15.2 Å². The Morgan fingerprint density at radius 2 is 2.05 bits per heavy atom. The smallest absolute Gasteiger partial charge is 0.308 e. The zero-order chi connectivity index (χ0) is 14.3. The first-order chi connectivity index (χ1) is 9.08. The summed E-state index contributed by atoms with van der Waals surface area (Å²) in [6.45, 7) is 1.96. The van der Waals surface area contributed by atoms with Crippen molar-refractivity contribution < 1.29 is 19.1 Å². The summed E-state index contributed by atoms with van der Waals surface area (Å²) in [6.07, 6.45) is -0.124. The van der Waals surface area contributed by atoms with Gasteiger partial charge in [-0.05, 0) is 19.1 Å². The number of nitrogens with one attached hydrogen (secondary N) is 1. The molecule has 0 radical (unpaired) electrons. The molecule has 1 aromatic rings. The van der Waals surface area contributed by atoms with E-state index in [0.29, 0.717) is 11.4 Å². The number of benzene rings is 1. The lowest BCUT2D eigenvalue weighted by atomic mass is 10.1. The van der Waals surface area contributed by atoms with Gasteiger partial charge in [0, 0.05) is 0 Å². The molecule has 0 aliphatic carbocycles. The molecule has 0 spiro atoms. The summed E-state index contributed by atoms with van der Waals surface area (Å²) in [7, 11) is 1.52. The van der Waals surface area contributed by atoms with Crippen LogP contribution in [-0.2, 0) is 14.3 Å². The fraction of sp³-hybridized carbons (Fsp3) is 0.385. The first-order valence-electron chi connectivity index (χ1n) is 5.93. The number of amides is 1. The van der Waals surface area contributed by atoms with Gasteiger partial charge in [0.15, 0.2) is 0 Å². The van der Waals surface area contributed by atoms with Gasteiger partial charge in [-0.3, -0.25) is 9.59 Å². The van der Waals surface area contributed by atoms with E-state index < -0.39 is 17.9 Å². The normalized spacial score (nSPS) is 11.5. The molecule has 0 aromatic heterocycles. The van der Waals surface area contributed by atoms with Crippen molar-refractivity contribution in [2.45, 2.75) is 19.4 Å². The molecule has 0 saturated heterocycles. The van der Waals surface area contributed by atoms with Crippen LogP contribution in [-0.4, -0.2) is 31.6 Å². The number of anilines is 1. The number of primary amides is 1. The first-order valence-corrected chi connectivity index (χ1v) is 5.93. The summed E-state index contributed by atoms with van der Waals surface area (Å²) in [5, 5.41) is 2.89. The molecule has 3 N–H and O–H groups in total. The molecule has 0 aliphatic rings. The number of hydrogen-bond acceptors (Lipinski definition) is 5. The van der Waals surface area contributed by atoms with Gasteiger partial charge < -0.3 is 20.5 Å². The molecule has 6 nitrogen and oxygen atoms in total. The van der Waals surface area contributed by atoms with E-state index in [-0.39, 0.29) is 13.0 Å². The monoisotopic (exact) mass is 266 g/mol. The SMILES string of the molecule is CCOC(=O)CC(Nc1ccccc1OC)C(N)=O. The van der Waals surface area contributed by atoms with Gasteiger partial charge in [-0.25, -0.2) is 0 Å². The van der Waals surface area contributed by atoms with Crippen LogP contribution in [0, 0.1) is 0 Å². The van der Waals surface area contributed by atoms with Crippen LogP contribution in [0.25, 0.3) is 0 Å². The zero-order valence-corrected chi connectivity index (χ0v) is 11.0. The van der Waals surface area contributed by atoms with Gasteiger partial charge in [0.25, 0.3) is 0 Å². The van der Waals surface area contributed by atoms with Gasteiger partial charge in [0.05, 0.1) is 25.8 Å². The van der Waals surface area contributed by atoms with Crippen LogP contribution >= 0.6 is 0 Å².